The molecule has 3 aromatic rings. The highest BCUT2D eigenvalue weighted by Crippen LogP contribution is 2.33. The van der Waals surface area contributed by atoms with Gasteiger partial charge in [0, 0.05) is 23.6 Å². The lowest BCUT2D eigenvalue weighted by Gasteiger charge is -2.32. The molecule has 0 bridgehead atoms. The highest BCUT2D eigenvalue weighted by atomic mass is 79.9. The molecule has 3 rings (SSSR count). The summed E-state index contributed by atoms with van der Waals surface area (Å²) in [4.78, 5) is 28.1. The number of rotatable bonds is 14. The van der Waals surface area contributed by atoms with Crippen LogP contribution in [-0.4, -0.2) is 65.1 Å². The number of methoxy groups -OCH3 is 2. The molecule has 0 radical (unpaired) electrons. The molecule has 2 amide bonds. The van der Waals surface area contributed by atoms with Crippen molar-refractivity contribution in [1.29, 1.82) is 0 Å². The minimum absolute atomic E-state index is 0.0952. The summed E-state index contributed by atoms with van der Waals surface area (Å²) < 4.78 is 46.2. The second-order valence-corrected chi connectivity index (χ2v) is 12.0. The van der Waals surface area contributed by atoms with Crippen LogP contribution in [0.1, 0.15) is 26.3 Å². The molecular formula is C30H36BrN3O7S. The number of ether oxygens (including phenoxy) is 3. The van der Waals surface area contributed by atoms with E-state index in [4.69, 9.17) is 14.2 Å². The predicted molar refractivity (Wildman–Crippen MR) is 165 cm³/mol. The summed E-state index contributed by atoms with van der Waals surface area (Å²) in [6, 6.07) is 17.1. The Hall–Kier alpha value is -3.77. The summed E-state index contributed by atoms with van der Waals surface area (Å²) in [5.74, 6) is 0.223. The molecule has 226 valence electrons. The van der Waals surface area contributed by atoms with Crippen LogP contribution in [0.5, 0.6) is 17.2 Å². The van der Waals surface area contributed by atoms with Crippen molar-refractivity contribution in [1.82, 2.24) is 10.2 Å². The first-order chi connectivity index (χ1) is 20.0. The van der Waals surface area contributed by atoms with E-state index in [1.54, 1.807) is 38.1 Å². The average Bonchev–Trinajstić information content (AvgIpc) is 2.99. The van der Waals surface area contributed by atoms with Gasteiger partial charge in [0.15, 0.2) is 11.5 Å². The van der Waals surface area contributed by atoms with Gasteiger partial charge in [-0.25, -0.2) is 8.42 Å². The maximum atomic E-state index is 14.1. The Bertz CT molecular complexity index is 1470. The first-order valence-electron chi connectivity index (χ1n) is 13.3. The lowest BCUT2D eigenvalue weighted by molar-refractivity contribution is -0.139. The summed E-state index contributed by atoms with van der Waals surface area (Å²) in [6.45, 7) is 5.60. The van der Waals surface area contributed by atoms with Gasteiger partial charge < -0.3 is 24.4 Å². The Morgan fingerprint density at radius 1 is 0.929 bits per heavy atom. The molecule has 12 heteroatoms. The molecule has 0 aliphatic heterocycles. The minimum Gasteiger partial charge on any atom is -0.494 e. The lowest BCUT2D eigenvalue weighted by Crippen LogP contribution is -2.51. The van der Waals surface area contributed by atoms with Gasteiger partial charge in [-0.1, -0.05) is 28.1 Å². The fourth-order valence-electron chi connectivity index (χ4n) is 4.20. The fraction of sp³-hybridized carbons (Fsp3) is 0.333. The van der Waals surface area contributed by atoms with E-state index in [1.807, 2.05) is 31.2 Å². The first kappa shape index (κ1) is 32.7. The molecule has 0 spiro atoms. The smallest absolute Gasteiger partial charge is 0.264 e. The zero-order valence-electron chi connectivity index (χ0n) is 24.3. The molecule has 0 unspecified atom stereocenters. The number of benzene rings is 3. The minimum atomic E-state index is -4.30. The zero-order chi connectivity index (χ0) is 30.9. The largest absolute Gasteiger partial charge is 0.494 e. The molecule has 1 N–H and O–H groups in total. The molecule has 3 aromatic carbocycles. The van der Waals surface area contributed by atoms with Crippen molar-refractivity contribution in [2.45, 2.75) is 38.3 Å². The zero-order valence-corrected chi connectivity index (χ0v) is 26.7. The molecule has 10 nitrogen and oxygen atoms in total. The Balaban J connectivity index is 2.07. The third-order valence-electron chi connectivity index (χ3n) is 6.44. The summed E-state index contributed by atoms with van der Waals surface area (Å²) in [7, 11) is -1.44. The third kappa shape index (κ3) is 7.95. The normalized spacial score (nSPS) is 11.8. The molecule has 1 atom stereocenters. The van der Waals surface area contributed by atoms with E-state index in [0.717, 1.165) is 14.3 Å². The van der Waals surface area contributed by atoms with Crippen LogP contribution in [0.25, 0.3) is 0 Å². The van der Waals surface area contributed by atoms with E-state index in [0.29, 0.717) is 24.7 Å². The molecule has 0 fully saturated rings. The number of nitrogens with one attached hydrogen (secondary N) is 1. The second kappa shape index (κ2) is 14.9. The van der Waals surface area contributed by atoms with E-state index in [2.05, 4.69) is 21.2 Å². The highest BCUT2D eigenvalue weighted by Gasteiger charge is 2.33. The van der Waals surface area contributed by atoms with E-state index in [-0.39, 0.29) is 28.8 Å². The van der Waals surface area contributed by atoms with Gasteiger partial charge in [-0.05, 0) is 74.9 Å². The summed E-state index contributed by atoms with van der Waals surface area (Å²) in [6.07, 6.45) is 0. The van der Waals surface area contributed by atoms with Crippen molar-refractivity contribution in [3.8, 4) is 17.2 Å². The van der Waals surface area contributed by atoms with Crippen LogP contribution in [0.15, 0.2) is 76.1 Å². The predicted octanol–water partition coefficient (Wildman–Crippen LogP) is 4.61. The van der Waals surface area contributed by atoms with Gasteiger partial charge in [0.05, 0.1) is 31.4 Å². The summed E-state index contributed by atoms with van der Waals surface area (Å²) >= 11 is 3.41. The molecule has 0 aromatic heterocycles. The molecule has 42 heavy (non-hydrogen) atoms. The summed E-state index contributed by atoms with van der Waals surface area (Å²) in [5.41, 5.74) is 1.02. The van der Waals surface area contributed by atoms with Gasteiger partial charge in [0.25, 0.3) is 10.0 Å². The highest BCUT2D eigenvalue weighted by molar-refractivity contribution is 9.10. The number of likely N-dealkylation sites (N-methyl/N-ethyl adjacent to an activating group) is 1. The van der Waals surface area contributed by atoms with Crippen LogP contribution < -0.4 is 23.8 Å². The van der Waals surface area contributed by atoms with Crippen molar-refractivity contribution in [3.63, 3.8) is 0 Å². The quantitative estimate of drug-likeness (QED) is 0.268. The van der Waals surface area contributed by atoms with E-state index >= 15 is 0 Å². The van der Waals surface area contributed by atoms with Crippen molar-refractivity contribution in [3.05, 3.63) is 76.8 Å². The van der Waals surface area contributed by atoms with Crippen LogP contribution in [-0.2, 0) is 26.2 Å². The van der Waals surface area contributed by atoms with Crippen LogP contribution >= 0.6 is 15.9 Å². The lowest BCUT2D eigenvalue weighted by atomic mass is 10.1. The summed E-state index contributed by atoms with van der Waals surface area (Å²) in [5, 5.41) is 2.75. The maximum Gasteiger partial charge on any atom is 0.264 e. The molecule has 0 saturated heterocycles. The van der Waals surface area contributed by atoms with Gasteiger partial charge in [-0.3, -0.25) is 13.9 Å². The maximum absolute atomic E-state index is 14.1. The van der Waals surface area contributed by atoms with Crippen LogP contribution in [0.2, 0.25) is 0 Å². The van der Waals surface area contributed by atoms with Gasteiger partial charge in [0.2, 0.25) is 11.8 Å². The van der Waals surface area contributed by atoms with Crippen molar-refractivity contribution >= 4 is 43.5 Å². The molecule has 0 aliphatic rings. The number of halogens is 1. The topological polar surface area (TPSA) is 114 Å². The Morgan fingerprint density at radius 2 is 1.57 bits per heavy atom. The SMILES string of the molecule is CCNC(=O)[C@@H](C)N(Cc1ccc(Br)cc1)C(=O)CN(c1ccc(OCC)cc1)S(=O)(=O)c1ccc(OC)c(OC)c1. The number of sulfonamides is 1. The van der Waals surface area contributed by atoms with Gasteiger partial charge in [0.1, 0.15) is 18.3 Å². The molecule has 0 aliphatic carbocycles. The Labute approximate surface area is 255 Å². The number of amides is 2. The first-order valence-corrected chi connectivity index (χ1v) is 15.6. The Kier molecular flexibility index (Phi) is 11.6. The number of nitrogens with zero attached hydrogens (tertiary/aromatic N) is 2. The van der Waals surface area contributed by atoms with E-state index in [1.165, 1.54) is 37.3 Å². The second-order valence-electron chi connectivity index (χ2n) is 9.17. The van der Waals surface area contributed by atoms with Gasteiger partial charge >= 0.3 is 0 Å². The Morgan fingerprint density at radius 3 is 2.14 bits per heavy atom. The van der Waals surface area contributed by atoms with Crippen LogP contribution in [0.3, 0.4) is 0 Å². The van der Waals surface area contributed by atoms with Crippen molar-refractivity contribution in [2.75, 3.05) is 38.2 Å². The standard InChI is InChI=1S/C30H36BrN3O7S/c1-6-32-30(36)21(3)33(19-22-8-10-23(31)11-9-22)29(35)20-34(24-12-14-25(15-13-24)41-7-2)42(37,38)26-16-17-27(39-4)28(18-26)40-5/h8-18,21H,6-7,19-20H2,1-5H3,(H,32,36)/t21-/m1/s1. The fourth-order valence-corrected chi connectivity index (χ4v) is 5.89. The number of carbonyl (C=O) groups is 2. The number of hydrogen-bond donors (Lipinski definition) is 1. The van der Waals surface area contributed by atoms with Crippen molar-refractivity contribution in [2.24, 2.45) is 0 Å². The monoisotopic (exact) mass is 661 g/mol. The van der Waals surface area contributed by atoms with E-state index < -0.39 is 28.5 Å². The van der Waals surface area contributed by atoms with Crippen LogP contribution in [0.4, 0.5) is 5.69 Å². The van der Waals surface area contributed by atoms with Gasteiger partial charge in [-0.2, -0.15) is 0 Å². The van der Waals surface area contributed by atoms with Gasteiger partial charge in [-0.15, -0.1) is 0 Å². The average molecular weight is 663 g/mol. The molecular weight excluding hydrogens is 626 g/mol. The number of anilines is 1. The third-order valence-corrected chi connectivity index (χ3v) is 8.74. The number of hydrogen-bond acceptors (Lipinski definition) is 7. The molecule has 0 saturated carbocycles. The molecule has 0 heterocycles. The number of carbonyl (C=O) groups excluding carboxylic acids is 2. The van der Waals surface area contributed by atoms with Crippen LogP contribution in [0, 0.1) is 0 Å². The van der Waals surface area contributed by atoms with Crippen molar-refractivity contribution < 1.29 is 32.2 Å². The van der Waals surface area contributed by atoms with E-state index in [9.17, 15) is 18.0 Å².